The molecule has 0 saturated carbocycles. The Bertz CT molecular complexity index is 1770. The van der Waals surface area contributed by atoms with Gasteiger partial charge in [-0.3, -0.25) is 0 Å². The number of aromatic nitrogens is 1. The first-order valence-electron chi connectivity index (χ1n) is 16.2. The van der Waals surface area contributed by atoms with Gasteiger partial charge in [-0.25, -0.2) is 9.78 Å². The van der Waals surface area contributed by atoms with Crippen molar-refractivity contribution in [3.63, 3.8) is 0 Å². The SMILES string of the molecule is CC.CN1CCN(c2ccc3nc(-c4ccc(-c5ccc(C(=O)O)c(C6=CCNCC6)c5)cc4)sc3c2)CC1.Cc1ccccc1. The molecule has 0 unspecified atom stereocenters. The smallest absolute Gasteiger partial charge is 0.336 e. The first-order chi connectivity index (χ1) is 22.4. The molecule has 0 atom stereocenters. The molecule has 1 fully saturated rings. The van der Waals surface area contributed by atoms with Crippen LogP contribution >= 0.6 is 11.3 Å². The van der Waals surface area contributed by atoms with Gasteiger partial charge < -0.3 is 20.2 Å². The van der Waals surface area contributed by atoms with Crippen LogP contribution in [-0.2, 0) is 0 Å². The summed E-state index contributed by atoms with van der Waals surface area (Å²) in [5.74, 6) is -0.886. The first kappa shape index (κ1) is 33.1. The van der Waals surface area contributed by atoms with E-state index in [-0.39, 0.29) is 0 Å². The molecule has 0 aliphatic carbocycles. The Kier molecular flexibility index (Phi) is 11.4. The summed E-state index contributed by atoms with van der Waals surface area (Å²) in [6, 6.07) is 31.0. The van der Waals surface area contributed by atoms with Gasteiger partial charge >= 0.3 is 5.97 Å². The molecule has 1 aromatic heterocycles. The molecule has 2 aliphatic heterocycles. The second-order valence-electron chi connectivity index (χ2n) is 11.4. The Morgan fingerprint density at radius 2 is 1.54 bits per heavy atom. The Morgan fingerprint density at radius 1 is 0.848 bits per heavy atom. The summed E-state index contributed by atoms with van der Waals surface area (Å²) in [6.07, 6.45) is 2.93. The molecule has 4 aromatic carbocycles. The summed E-state index contributed by atoms with van der Waals surface area (Å²) >= 11 is 1.73. The van der Waals surface area contributed by atoms with Crippen LogP contribution in [0.15, 0.2) is 97.1 Å². The largest absolute Gasteiger partial charge is 0.478 e. The number of nitrogens with zero attached hydrogens (tertiary/aromatic N) is 3. The Labute approximate surface area is 277 Å². The van der Waals surface area contributed by atoms with Gasteiger partial charge in [-0.1, -0.05) is 86.2 Å². The normalized spacial score (nSPS) is 14.9. The van der Waals surface area contributed by atoms with Crippen molar-refractivity contribution in [2.75, 3.05) is 51.2 Å². The minimum absolute atomic E-state index is 0.360. The van der Waals surface area contributed by atoms with Crippen LogP contribution in [0.4, 0.5) is 5.69 Å². The van der Waals surface area contributed by atoms with Gasteiger partial charge in [-0.05, 0) is 79.5 Å². The van der Waals surface area contributed by atoms with Crippen LogP contribution in [-0.4, -0.2) is 67.3 Å². The second-order valence-corrected chi connectivity index (χ2v) is 12.5. The number of thiazole rings is 1. The minimum Gasteiger partial charge on any atom is -0.478 e. The van der Waals surface area contributed by atoms with Crippen molar-refractivity contribution in [1.29, 1.82) is 0 Å². The predicted octanol–water partition coefficient (Wildman–Crippen LogP) is 8.48. The van der Waals surface area contributed by atoms with Gasteiger partial charge in [0, 0.05) is 44.0 Å². The molecule has 6 nitrogen and oxygen atoms in total. The van der Waals surface area contributed by atoms with Crippen molar-refractivity contribution in [2.24, 2.45) is 0 Å². The van der Waals surface area contributed by atoms with Crippen molar-refractivity contribution in [3.05, 3.63) is 114 Å². The van der Waals surface area contributed by atoms with Crippen LogP contribution in [0.2, 0.25) is 0 Å². The number of likely N-dealkylation sites (N-methyl/N-ethyl adjacent to an activating group) is 1. The van der Waals surface area contributed by atoms with Crippen LogP contribution < -0.4 is 10.2 Å². The quantitative estimate of drug-likeness (QED) is 0.203. The summed E-state index contributed by atoms with van der Waals surface area (Å²) in [6.45, 7) is 12.0. The summed E-state index contributed by atoms with van der Waals surface area (Å²) < 4.78 is 1.21. The lowest BCUT2D eigenvalue weighted by Gasteiger charge is -2.34. The predicted molar refractivity (Wildman–Crippen MR) is 195 cm³/mol. The molecule has 7 heteroatoms. The maximum atomic E-state index is 11.9. The number of fused-ring (bicyclic) bond motifs is 1. The van der Waals surface area contributed by atoms with E-state index in [2.05, 4.69) is 89.8 Å². The van der Waals surface area contributed by atoms with Crippen LogP contribution in [0.3, 0.4) is 0 Å². The minimum atomic E-state index is -0.886. The molecule has 7 rings (SSSR count). The number of carboxylic acids is 1. The van der Waals surface area contributed by atoms with E-state index in [1.165, 1.54) is 16.0 Å². The van der Waals surface area contributed by atoms with Crippen molar-refractivity contribution >= 4 is 38.8 Å². The molecule has 0 spiro atoms. The van der Waals surface area contributed by atoms with Gasteiger partial charge in [0.25, 0.3) is 0 Å². The van der Waals surface area contributed by atoms with Crippen LogP contribution in [0.5, 0.6) is 0 Å². The molecule has 3 heterocycles. The third-order valence-electron chi connectivity index (χ3n) is 8.31. The van der Waals surface area contributed by atoms with Crippen LogP contribution in [0.25, 0.3) is 37.5 Å². The lowest BCUT2D eigenvalue weighted by Crippen LogP contribution is -2.44. The molecular weight excluding hydrogens is 589 g/mol. The number of carboxylic acid groups (broad SMARTS) is 1. The Balaban J connectivity index is 0.000000406. The third kappa shape index (κ3) is 8.10. The highest BCUT2D eigenvalue weighted by Crippen LogP contribution is 2.35. The average Bonchev–Trinajstić information content (AvgIpc) is 3.54. The molecular formula is C39H44N4O2S. The average molecular weight is 633 g/mol. The topological polar surface area (TPSA) is 68.7 Å². The molecule has 0 bridgehead atoms. The number of hydrogen-bond donors (Lipinski definition) is 2. The number of piperazine rings is 1. The number of rotatable bonds is 5. The van der Waals surface area contributed by atoms with E-state index in [0.717, 1.165) is 84.0 Å². The summed E-state index contributed by atoms with van der Waals surface area (Å²) in [4.78, 5) is 21.6. The fourth-order valence-electron chi connectivity index (χ4n) is 5.68. The van der Waals surface area contributed by atoms with E-state index in [1.807, 2.05) is 44.2 Å². The van der Waals surface area contributed by atoms with Gasteiger partial charge in [-0.2, -0.15) is 0 Å². The molecule has 0 radical (unpaired) electrons. The van der Waals surface area contributed by atoms with E-state index in [4.69, 9.17) is 4.98 Å². The van der Waals surface area contributed by atoms with Crippen LogP contribution in [0, 0.1) is 6.92 Å². The maximum absolute atomic E-state index is 11.9. The van der Waals surface area contributed by atoms with Gasteiger partial charge in [0.1, 0.15) is 5.01 Å². The monoisotopic (exact) mass is 632 g/mol. The fraction of sp³-hybridized carbons (Fsp3) is 0.282. The number of aromatic carboxylic acids is 1. The van der Waals surface area contributed by atoms with Gasteiger partial charge in [0.2, 0.25) is 0 Å². The molecule has 2 N–H and O–H groups in total. The molecule has 1 saturated heterocycles. The van der Waals surface area contributed by atoms with E-state index in [9.17, 15) is 9.90 Å². The number of nitrogens with one attached hydrogen (secondary N) is 1. The zero-order valence-corrected chi connectivity index (χ0v) is 28.1. The highest BCUT2D eigenvalue weighted by Gasteiger charge is 2.18. The lowest BCUT2D eigenvalue weighted by molar-refractivity contribution is 0.0696. The Hall–Kier alpha value is -4.30. The standard InChI is InChI=1S/C30H30N4O2S.C7H8.C2H6/c1-33-14-16-34(17-15-33)24-7-9-27-28(19-24)37-29(32-27)22-4-2-20(3-5-22)23-6-8-25(30(35)36)26(18-23)21-10-12-31-13-11-21;1-7-5-3-2-4-6-7;1-2/h2-10,18-19,31H,11-17H2,1H3,(H,35,36);2-6H,1H3;1-2H3. The van der Waals surface area contributed by atoms with Gasteiger partial charge in [0.05, 0.1) is 15.8 Å². The number of benzene rings is 4. The van der Waals surface area contributed by atoms with Crippen LogP contribution in [0.1, 0.15) is 41.8 Å². The highest BCUT2D eigenvalue weighted by molar-refractivity contribution is 7.21. The van der Waals surface area contributed by atoms with E-state index in [0.29, 0.717) is 5.56 Å². The summed E-state index contributed by atoms with van der Waals surface area (Å²) in [7, 11) is 2.18. The molecule has 2 aliphatic rings. The zero-order chi connectivity index (χ0) is 32.5. The van der Waals surface area contributed by atoms with Gasteiger partial charge in [0.15, 0.2) is 0 Å². The zero-order valence-electron chi connectivity index (χ0n) is 27.3. The van der Waals surface area contributed by atoms with E-state index >= 15 is 0 Å². The van der Waals surface area contributed by atoms with Gasteiger partial charge in [-0.15, -0.1) is 11.3 Å². The number of anilines is 1. The lowest BCUT2D eigenvalue weighted by atomic mass is 9.91. The second kappa shape index (κ2) is 15.8. The third-order valence-corrected chi connectivity index (χ3v) is 9.37. The summed E-state index contributed by atoms with van der Waals surface area (Å²) in [5.41, 5.74) is 9.08. The van der Waals surface area contributed by atoms with E-state index < -0.39 is 5.97 Å². The van der Waals surface area contributed by atoms with Crippen molar-refractivity contribution in [2.45, 2.75) is 27.2 Å². The number of hydrogen-bond acceptors (Lipinski definition) is 6. The Morgan fingerprint density at radius 3 is 2.17 bits per heavy atom. The maximum Gasteiger partial charge on any atom is 0.336 e. The number of carbonyl (C=O) groups is 1. The van der Waals surface area contributed by atoms with Crippen molar-refractivity contribution in [3.8, 4) is 21.7 Å². The fourth-order valence-corrected chi connectivity index (χ4v) is 6.69. The molecule has 5 aromatic rings. The van der Waals surface area contributed by atoms with Crippen molar-refractivity contribution < 1.29 is 9.90 Å². The molecule has 0 amide bonds. The number of aryl methyl sites for hydroxylation is 1. The van der Waals surface area contributed by atoms with E-state index in [1.54, 1.807) is 17.4 Å². The molecule has 238 valence electrons. The van der Waals surface area contributed by atoms with Crippen molar-refractivity contribution in [1.82, 2.24) is 15.2 Å². The first-order valence-corrected chi connectivity index (χ1v) is 17.0. The summed E-state index contributed by atoms with van der Waals surface area (Å²) in [5, 5.41) is 14.0. The highest BCUT2D eigenvalue weighted by atomic mass is 32.1. The molecule has 46 heavy (non-hydrogen) atoms.